The summed E-state index contributed by atoms with van der Waals surface area (Å²) in [4.78, 5) is 0.867. The summed E-state index contributed by atoms with van der Waals surface area (Å²) in [6.45, 7) is 3.77. The lowest BCUT2D eigenvalue weighted by molar-refractivity contribution is 0.191. The first kappa shape index (κ1) is 13.5. The molecule has 0 aliphatic rings. The number of aliphatic hydroxyl groups is 1. The van der Waals surface area contributed by atoms with Crippen LogP contribution in [0.2, 0.25) is 0 Å². The van der Waals surface area contributed by atoms with E-state index in [4.69, 9.17) is 0 Å². The van der Waals surface area contributed by atoms with E-state index in [-0.39, 0.29) is 5.82 Å². The highest BCUT2D eigenvalue weighted by atomic mass is 32.2. The molecule has 0 heterocycles. The van der Waals surface area contributed by atoms with Crippen LogP contribution in [0.15, 0.2) is 23.1 Å². The Balaban J connectivity index is 2.67. The SMILES string of the molecule is CCCCCSc1cccc(F)c1C(C)O. The molecule has 0 aliphatic heterocycles. The van der Waals surface area contributed by atoms with Crippen molar-refractivity contribution >= 4 is 11.8 Å². The molecule has 0 bridgehead atoms. The normalized spacial score (nSPS) is 12.8. The Morgan fingerprint density at radius 1 is 1.38 bits per heavy atom. The van der Waals surface area contributed by atoms with Crippen LogP contribution in [0.5, 0.6) is 0 Å². The van der Waals surface area contributed by atoms with Gasteiger partial charge in [-0.1, -0.05) is 25.8 Å². The van der Waals surface area contributed by atoms with Gasteiger partial charge in [-0.25, -0.2) is 4.39 Å². The van der Waals surface area contributed by atoms with Crippen molar-refractivity contribution in [2.24, 2.45) is 0 Å². The molecule has 1 rings (SSSR count). The lowest BCUT2D eigenvalue weighted by Crippen LogP contribution is -1.98. The first-order valence-corrected chi connectivity index (χ1v) is 6.74. The van der Waals surface area contributed by atoms with Crippen molar-refractivity contribution in [2.45, 2.75) is 44.1 Å². The molecule has 3 heteroatoms. The van der Waals surface area contributed by atoms with Crippen LogP contribution in [0.25, 0.3) is 0 Å². The van der Waals surface area contributed by atoms with Crippen molar-refractivity contribution in [1.29, 1.82) is 0 Å². The number of hydrogen-bond donors (Lipinski definition) is 1. The van der Waals surface area contributed by atoms with Crippen molar-refractivity contribution in [3.05, 3.63) is 29.6 Å². The van der Waals surface area contributed by atoms with Gasteiger partial charge in [0.15, 0.2) is 0 Å². The lowest BCUT2D eigenvalue weighted by Gasteiger charge is -2.12. The fourth-order valence-electron chi connectivity index (χ4n) is 1.58. The third-order valence-corrected chi connectivity index (χ3v) is 3.60. The molecule has 90 valence electrons. The van der Waals surface area contributed by atoms with Gasteiger partial charge in [-0.15, -0.1) is 11.8 Å². The molecule has 1 nitrogen and oxygen atoms in total. The molecule has 1 unspecified atom stereocenters. The summed E-state index contributed by atoms with van der Waals surface area (Å²) in [5.41, 5.74) is 0.434. The minimum absolute atomic E-state index is 0.310. The van der Waals surface area contributed by atoms with Crippen molar-refractivity contribution in [3.8, 4) is 0 Å². The summed E-state index contributed by atoms with van der Waals surface area (Å²) >= 11 is 1.63. The van der Waals surface area contributed by atoms with Gasteiger partial charge in [-0.2, -0.15) is 0 Å². The Bertz CT molecular complexity index is 326. The quantitative estimate of drug-likeness (QED) is 0.597. The van der Waals surface area contributed by atoms with Gasteiger partial charge in [0.1, 0.15) is 5.82 Å². The van der Waals surface area contributed by atoms with Gasteiger partial charge < -0.3 is 5.11 Å². The monoisotopic (exact) mass is 242 g/mol. The van der Waals surface area contributed by atoms with Gasteiger partial charge in [0, 0.05) is 10.5 Å². The number of thioether (sulfide) groups is 1. The fraction of sp³-hybridized carbons (Fsp3) is 0.538. The maximum Gasteiger partial charge on any atom is 0.130 e. The van der Waals surface area contributed by atoms with E-state index in [0.717, 1.165) is 17.1 Å². The summed E-state index contributed by atoms with van der Waals surface area (Å²) in [7, 11) is 0. The van der Waals surface area contributed by atoms with Crippen LogP contribution in [0.4, 0.5) is 4.39 Å². The minimum Gasteiger partial charge on any atom is -0.389 e. The second kappa shape index (κ2) is 6.92. The van der Waals surface area contributed by atoms with Crippen LogP contribution in [0.1, 0.15) is 44.8 Å². The fourth-order valence-corrected chi connectivity index (χ4v) is 2.75. The van der Waals surface area contributed by atoms with E-state index in [2.05, 4.69) is 6.92 Å². The molecule has 1 N–H and O–H groups in total. The molecule has 0 radical (unpaired) electrons. The Kier molecular flexibility index (Phi) is 5.85. The van der Waals surface area contributed by atoms with Gasteiger partial charge in [-0.05, 0) is 31.2 Å². The van der Waals surface area contributed by atoms with E-state index in [0.29, 0.717) is 5.56 Å². The zero-order valence-electron chi connectivity index (χ0n) is 9.87. The molecule has 1 aromatic carbocycles. The van der Waals surface area contributed by atoms with Crippen LogP contribution >= 0.6 is 11.8 Å². The molecule has 0 amide bonds. The van der Waals surface area contributed by atoms with Gasteiger partial charge in [0.2, 0.25) is 0 Å². The van der Waals surface area contributed by atoms with E-state index >= 15 is 0 Å². The van der Waals surface area contributed by atoms with Crippen LogP contribution in [0.3, 0.4) is 0 Å². The van der Waals surface area contributed by atoms with Gasteiger partial charge in [0.25, 0.3) is 0 Å². The van der Waals surface area contributed by atoms with E-state index in [1.807, 2.05) is 6.07 Å². The summed E-state index contributed by atoms with van der Waals surface area (Å²) in [6, 6.07) is 4.98. The molecular formula is C13H19FOS. The van der Waals surface area contributed by atoms with E-state index < -0.39 is 6.10 Å². The van der Waals surface area contributed by atoms with Crippen LogP contribution in [-0.2, 0) is 0 Å². The Hall–Kier alpha value is -0.540. The van der Waals surface area contributed by atoms with Crippen LogP contribution in [0, 0.1) is 5.82 Å². The Morgan fingerprint density at radius 3 is 2.75 bits per heavy atom. The molecule has 0 aromatic heterocycles. The Labute approximate surface area is 101 Å². The third-order valence-electron chi connectivity index (χ3n) is 2.44. The highest BCUT2D eigenvalue weighted by molar-refractivity contribution is 7.99. The van der Waals surface area contributed by atoms with E-state index in [1.54, 1.807) is 24.8 Å². The maximum atomic E-state index is 13.5. The topological polar surface area (TPSA) is 20.2 Å². The molecular weight excluding hydrogens is 223 g/mol. The first-order chi connectivity index (χ1) is 7.66. The molecule has 1 atom stereocenters. The number of hydrogen-bond acceptors (Lipinski definition) is 2. The number of aliphatic hydroxyl groups excluding tert-OH is 1. The highest BCUT2D eigenvalue weighted by Crippen LogP contribution is 2.30. The number of rotatable bonds is 6. The average Bonchev–Trinajstić information content (AvgIpc) is 2.24. The standard InChI is InChI=1S/C13H19FOS/c1-3-4-5-9-16-12-8-6-7-11(14)13(12)10(2)15/h6-8,10,15H,3-5,9H2,1-2H3. The predicted molar refractivity (Wildman–Crippen MR) is 67.3 cm³/mol. The summed E-state index contributed by atoms with van der Waals surface area (Å²) in [5, 5.41) is 9.53. The van der Waals surface area contributed by atoms with Gasteiger partial charge in [0.05, 0.1) is 6.10 Å². The molecule has 16 heavy (non-hydrogen) atoms. The predicted octanol–water partition coefficient (Wildman–Crippen LogP) is 4.16. The summed E-state index contributed by atoms with van der Waals surface area (Å²) in [6.07, 6.45) is 2.78. The highest BCUT2D eigenvalue weighted by Gasteiger charge is 2.13. The molecule has 0 spiro atoms. The molecule has 0 aliphatic carbocycles. The smallest absolute Gasteiger partial charge is 0.130 e. The summed E-state index contributed by atoms with van der Waals surface area (Å²) in [5.74, 6) is 0.673. The van der Waals surface area contributed by atoms with Crippen molar-refractivity contribution in [2.75, 3.05) is 5.75 Å². The van der Waals surface area contributed by atoms with Crippen molar-refractivity contribution in [3.63, 3.8) is 0 Å². The zero-order chi connectivity index (χ0) is 12.0. The molecule has 0 saturated heterocycles. The number of benzene rings is 1. The molecule has 0 fully saturated rings. The largest absolute Gasteiger partial charge is 0.389 e. The Morgan fingerprint density at radius 2 is 2.12 bits per heavy atom. The minimum atomic E-state index is -0.741. The molecule has 0 saturated carbocycles. The maximum absolute atomic E-state index is 13.5. The second-order valence-corrected chi connectivity index (χ2v) is 5.02. The first-order valence-electron chi connectivity index (χ1n) is 5.76. The average molecular weight is 242 g/mol. The van der Waals surface area contributed by atoms with Crippen LogP contribution < -0.4 is 0 Å². The van der Waals surface area contributed by atoms with Gasteiger partial charge >= 0.3 is 0 Å². The number of unbranched alkanes of at least 4 members (excludes halogenated alkanes) is 2. The second-order valence-electron chi connectivity index (χ2n) is 3.88. The van der Waals surface area contributed by atoms with Crippen molar-refractivity contribution < 1.29 is 9.50 Å². The van der Waals surface area contributed by atoms with E-state index in [1.165, 1.54) is 18.9 Å². The van der Waals surface area contributed by atoms with E-state index in [9.17, 15) is 9.50 Å². The lowest BCUT2D eigenvalue weighted by atomic mass is 10.1. The van der Waals surface area contributed by atoms with Gasteiger partial charge in [-0.3, -0.25) is 0 Å². The number of halogens is 1. The zero-order valence-corrected chi connectivity index (χ0v) is 10.7. The summed E-state index contributed by atoms with van der Waals surface area (Å²) < 4.78 is 13.5. The van der Waals surface area contributed by atoms with Crippen molar-refractivity contribution in [1.82, 2.24) is 0 Å². The molecule has 1 aromatic rings. The van der Waals surface area contributed by atoms with Crippen LogP contribution in [-0.4, -0.2) is 10.9 Å². The third kappa shape index (κ3) is 3.80.